The van der Waals surface area contributed by atoms with E-state index in [1.165, 1.54) is 32.1 Å². The molecule has 1 N–H and O–H groups in total. The van der Waals surface area contributed by atoms with Crippen molar-refractivity contribution in [1.29, 1.82) is 0 Å². The fourth-order valence-corrected chi connectivity index (χ4v) is 5.07. The van der Waals surface area contributed by atoms with Gasteiger partial charge in [0.05, 0.1) is 31.6 Å². The van der Waals surface area contributed by atoms with Crippen LogP contribution in [0.1, 0.15) is 89.8 Å². The highest BCUT2D eigenvalue weighted by atomic mass is 16.5. The van der Waals surface area contributed by atoms with Gasteiger partial charge in [0.1, 0.15) is 0 Å². The molecule has 2 rings (SSSR count). The highest BCUT2D eigenvalue weighted by Crippen LogP contribution is 2.41. The van der Waals surface area contributed by atoms with E-state index in [2.05, 4.69) is 15.0 Å². The summed E-state index contributed by atoms with van der Waals surface area (Å²) in [5.74, 6) is 0.119. The third-order valence-corrected chi connectivity index (χ3v) is 6.84. The number of hydrogen-bond donors (Lipinski definition) is 1. The van der Waals surface area contributed by atoms with Gasteiger partial charge in [-0.25, -0.2) is 0 Å². The van der Waals surface area contributed by atoms with Crippen molar-refractivity contribution in [1.82, 2.24) is 15.0 Å². The Bertz CT molecular complexity index is 674. The van der Waals surface area contributed by atoms with Crippen molar-refractivity contribution in [3.8, 4) is 0 Å². The van der Waals surface area contributed by atoms with Gasteiger partial charge in [-0.2, -0.15) is 4.98 Å². The quantitative estimate of drug-likeness (QED) is 0.395. The first-order valence-electron chi connectivity index (χ1n) is 12.5. The largest absolute Gasteiger partial charge is 0.481 e. The van der Waals surface area contributed by atoms with E-state index in [-0.39, 0.29) is 5.92 Å². The molecule has 1 aromatic rings. The molecule has 0 saturated heterocycles. The van der Waals surface area contributed by atoms with Crippen molar-refractivity contribution in [3.05, 3.63) is 11.7 Å². The van der Waals surface area contributed by atoms with Gasteiger partial charge in [-0.3, -0.25) is 9.69 Å². The number of carbonyl (C=O) groups is 1. The van der Waals surface area contributed by atoms with Crippen LogP contribution in [0.3, 0.4) is 0 Å². The van der Waals surface area contributed by atoms with E-state index < -0.39 is 17.3 Å². The zero-order chi connectivity index (χ0) is 24.3. The molecule has 8 heteroatoms. The summed E-state index contributed by atoms with van der Waals surface area (Å²) < 4.78 is 16.1. The Morgan fingerprint density at radius 1 is 1.15 bits per heavy atom. The van der Waals surface area contributed by atoms with Crippen LogP contribution in [0.5, 0.6) is 0 Å². The first-order valence-corrected chi connectivity index (χ1v) is 12.5. The number of carboxylic acids is 1. The number of aliphatic carboxylic acids is 1. The molecule has 0 bridgehead atoms. The Kier molecular flexibility index (Phi) is 11.8. The maximum atomic E-state index is 12.3. The van der Waals surface area contributed by atoms with Gasteiger partial charge in [-0.1, -0.05) is 70.9 Å². The summed E-state index contributed by atoms with van der Waals surface area (Å²) in [6.07, 6.45) is 9.49. The molecule has 0 radical (unpaired) electrons. The predicted octanol–water partition coefficient (Wildman–Crippen LogP) is 4.75. The molecule has 1 aliphatic carbocycles. The first-order chi connectivity index (χ1) is 15.8. The Labute approximate surface area is 199 Å². The van der Waals surface area contributed by atoms with Gasteiger partial charge < -0.3 is 19.1 Å². The molecule has 0 spiro atoms. The van der Waals surface area contributed by atoms with Crippen LogP contribution in [0, 0.1) is 17.3 Å². The first kappa shape index (κ1) is 27.7. The van der Waals surface area contributed by atoms with Gasteiger partial charge in [0.25, 0.3) is 0 Å². The Morgan fingerprint density at radius 2 is 1.79 bits per heavy atom. The third-order valence-electron chi connectivity index (χ3n) is 6.84. The zero-order valence-electron chi connectivity index (χ0n) is 21.3. The van der Waals surface area contributed by atoms with Crippen LogP contribution >= 0.6 is 0 Å². The summed E-state index contributed by atoms with van der Waals surface area (Å²) in [6, 6.07) is 0. The molecule has 1 aromatic heterocycles. The molecule has 0 aliphatic heterocycles. The van der Waals surface area contributed by atoms with Crippen LogP contribution in [0.15, 0.2) is 4.52 Å². The number of nitrogens with zero attached hydrogens (tertiary/aromatic N) is 3. The SMILES string of the molecule is COCCN(CCOC)Cc1noc([C@H](CCCC2CCCCC2)C(C(=O)O)C(C)(C)C)n1. The smallest absolute Gasteiger partial charge is 0.307 e. The Morgan fingerprint density at radius 3 is 2.33 bits per heavy atom. The van der Waals surface area contributed by atoms with Crippen molar-refractivity contribution in [2.24, 2.45) is 17.3 Å². The van der Waals surface area contributed by atoms with Crippen LogP contribution in [0.25, 0.3) is 0 Å². The second kappa shape index (κ2) is 14.0. The molecule has 1 heterocycles. The van der Waals surface area contributed by atoms with E-state index in [9.17, 15) is 9.90 Å². The number of carboxylic acid groups (broad SMARTS) is 1. The zero-order valence-corrected chi connectivity index (χ0v) is 21.3. The molecular formula is C25H45N3O5. The maximum absolute atomic E-state index is 12.3. The van der Waals surface area contributed by atoms with Gasteiger partial charge in [0, 0.05) is 27.3 Å². The number of rotatable bonds is 15. The third kappa shape index (κ3) is 9.33. The standard InChI is InChI=1S/C25H45N3O5/c1-25(2,3)22(24(29)30)20(13-9-12-19-10-7-6-8-11-19)23-26-21(27-33-23)18-28(14-16-31-4)15-17-32-5/h19-20,22H,6-18H2,1-5H3,(H,29,30)/t20-,22?/m1/s1. The summed E-state index contributed by atoms with van der Waals surface area (Å²) in [5, 5.41) is 14.3. The monoisotopic (exact) mass is 467 g/mol. The average molecular weight is 468 g/mol. The van der Waals surface area contributed by atoms with Gasteiger partial charge in [-0.05, 0) is 17.8 Å². The molecule has 8 nitrogen and oxygen atoms in total. The molecule has 2 atom stereocenters. The van der Waals surface area contributed by atoms with Crippen LogP contribution in [-0.4, -0.2) is 66.6 Å². The number of hydrogen-bond acceptors (Lipinski definition) is 7. The summed E-state index contributed by atoms with van der Waals surface area (Å²) >= 11 is 0. The van der Waals surface area contributed by atoms with Crippen molar-refractivity contribution < 1.29 is 23.9 Å². The average Bonchev–Trinajstić information content (AvgIpc) is 3.22. The lowest BCUT2D eigenvalue weighted by molar-refractivity contribution is -0.147. The number of methoxy groups -OCH3 is 2. The molecule has 190 valence electrons. The second-order valence-corrected chi connectivity index (χ2v) is 10.5. The topological polar surface area (TPSA) is 97.9 Å². The van der Waals surface area contributed by atoms with Crippen molar-refractivity contribution in [3.63, 3.8) is 0 Å². The van der Waals surface area contributed by atoms with E-state index in [0.29, 0.717) is 31.5 Å². The van der Waals surface area contributed by atoms with Crippen molar-refractivity contribution >= 4 is 5.97 Å². The fraction of sp³-hybridized carbons (Fsp3) is 0.880. The van der Waals surface area contributed by atoms with Gasteiger partial charge in [-0.15, -0.1) is 0 Å². The minimum atomic E-state index is -0.799. The lowest BCUT2D eigenvalue weighted by Gasteiger charge is -2.32. The molecule has 33 heavy (non-hydrogen) atoms. The minimum absolute atomic E-state index is 0.293. The van der Waals surface area contributed by atoms with Crippen LogP contribution in [0.2, 0.25) is 0 Å². The molecule has 1 saturated carbocycles. The van der Waals surface area contributed by atoms with E-state index in [0.717, 1.165) is 38.3 Å². The highest BCUT2D eigenvalue weighted by Gasteiger charge is 2.41. The van der Waals surface area contributed by atoms with E-state index in [4.69, 9.17) is 14.0 Å². The summed E-state index contributed by atoms with van der Waals surface area (Å²) in [6.45, 7) is 9.12. The summed E-state index contributed by atoms with van der Waals surface area (Å²) in [5.41, 5.74) is -0.418. The molecule has 0 amide bonds. The van der Waals surface area contributed by atoms with E-state index in [1.807, 2.05) is 20.8 Å². The predicted molar refractivity (Wildman–Crippen MR) is 127 cm³/mol. The van der Waals surface area contributed by atoms with Crippen LogP contribution in [0.4, 0.5) is 0 Å². The lowest BCUT2D eigenvalue weighted by Crippen LogP contribution is -2.34. The van der Waals surface area contributed by atoms with Crippen molar-refractivity contribution in [2.45, 2.75) is 84.6 Å². The molecule has 1 unspecified atom stereocenters. The molecule has 0 aromatic carbocycles. The highest BCUT2D eigenvalue weighted by molar-refractivity contribution is 5.72. The van der Waals surface area contributed by atoms with Gasteiger partial charge >= 0.3 is 5.97 Å². The molecular weight excluding hydrogens is 422 g/mol. The summed E-state index contributed by atoms with van der Waals surface area (Å²) in [4.78, 5) is 19.2. The van der Waals surface area contributed by atoms with Crippen LogP contribution in [-0.2, 0) is 20.8 Å². The number of ether oxygens (including phenoxy) is 2. The molecule has 1 fully saturated rings. The van der Waals surface area contributed by atoms with Crippen molar-refractivity contribution in [2.75, 3.05) is 40.5 Å². The normalized spacial score (nSPS) is 17.4. The van der Waals surface area contributed by atoms with Gasteiger partial charge in [0.2, 0.25) is 5.89 Å². The summed E-state index contributed by atoms with van der Waals surface area (Å²) in [7, 11) is 3.36. The number of aromatic nitrogens is 2. The van der Waals surface area contributed by atoms with Crippen LogP contribution < -0.4 is 0 Å². The van der Waals surface area contributed by atoms with Gasteiger partial charge in [0.15, 0.2) is 5.82 Å². The fourth-order valence-electron chi connectivity index (χ4n) is 5.07. The Hall–Kier alpha value is -1.51. The lowest BCUT2D eigenvalue weighted by atomic mass is 9.71. The van der Waals surface area contributed by atoms with E-state index in [1.54, 1.807) is 14.2 Å². The molecule has 1 aliphatic rings. The minimum Gasteiger partial charge on any atom is -0.481 e. The Balaban J connectivity index is 2.14. The maximum Gasteiger partial charge on any atom is 0.307 e. The second-order valence-electron chi connectivity index (χ2n) is 10.5. The van der Waals surface area contributed by atoms with E-state index >= 15 is 0 Å².